The van der Waals surface area contributed by atoms with Crippen molar-refractivity contribution in [3.63, 3.8) is 0 Å². The molecule has 0 amide bonds. The summed E-state index contributed by atoms with van der Waals surface area (Å²) in [4.78, 5) is 9.65. The van der Waals surface area contributed by atoms with Gasteiger partial charge in [0.2, 0.25) is 5.82 Å². The highest BCUT2D eigenvalue weighted by Gasteiger charge is 2.13. The topological polar surface area (TPSA) is 93.9 Å². The van der Waals surface area contributed by atoms with Crippen molar-refractivity contribution in [3.05, 3.63) is 58.4 Å². The van der Waals surface area contributed by atoms with E-state index in [-0.39, 0.29) is 5.69 Å². The summed E-state index contributed by atoms with van der Waals surface area (Å²) in [5.74, 6) is -0.946. The predicted octanol–water partition coefficient (Wildman–Crippen LogP) is 3.73. The summed E-state index contributed by atoms with van der Waals surface area (Å²) in [6.07, 6.45) is 0. The molecule has 2 N–H and O–H groups in total. The van der Waals surface area contributed by atoms with E-state index in [1.807, 2.05) is 0 Å². The van der Waals surface area contributed by atoms with E-state index in [0.717, 1.165) is 12.1 Å². The molecule has 0 bridgehead atoms. The van der Waals surface area contributed by atoms with Crippen LogP contribution in [0.1, 0.15) is 0 Å². The molecule has 2 rings (SSSR count). The Morgan fingerprint density at radius 2 is 1.63 bits per heavy atom. The quantitative estimate of drug-likeness (QED) is 0.394. The third-order valence-corrected chi connectivity index (χ3v) is 2.30. The number of benzene rings is 2. The van der Waals surface area contributed by atoms with Crippen molar-refractivity contribution in [1.82, 2.24) is 0 Å². The Kier molecular flexibility index (Phi) is 3.46. The Hall–Kier alpha value is -2.83. The molecule has 0 saturated carbocycles. The van der Waals surface area contributed by atoms with Crippen molar-refractivity contribution in [3.8, 4) is 0 Å². The summed E-state index contributed by atoms with van der Waals surface area (Å²) in [6.45, 7) is 0. The molecule has 6 nitrogen and oxygen atoms in total. The van der Waals surface area contributed by atoms with Gasteiger partial charge in [-0.2, -0.15) is 14.6 Å². The number of nitro groups is 1. The van der Waals surface area contributed by atoms with Gasteiger partial charge in [0.05, 0.1) is 16.3 Å². The number of nitrogen functional groups attached to an aromatic ring is 1. The maximum Gasteiger partial charge on any atom is 0.304 e. The molecule has 0 aliphatic carbocycles. The number of nitro benzene ring substituents is 1. The van der Waals surface area contributed by atoms with Gasteiger partial charge >= 0.3 is 5.69 Å². The maximum absolute atomic E-state index is 13.3. The number of nitrogens with zero attached hydrogens (tertiary/aromatic N) is 3. The van der Waals surface area contributed by atoms with E-state index in [0.29, 0.717) is 11.4 Å². The molecule has 96 valence electrons. The average molecular weight is 260 g/mol. The molecule has 0 heterocycles. The number of hydrogen-bond donors (Lipinski definition) is 1. The van der Waals surface area contributed by atoms with Gasteiger partial charge in [0.15, 0.2) is 0 Å². The van der Waals surface area contributed by atoms with Crippen molar-refractivity contribution in [1.29, 1.82) is 0 Å². The highest BCUT2D eigenvalue weighted by molar-refractivity contribution is 5.49. The lowest BCUT2D eigenvalue weighted by molar-refractivity contribution is -0.387. The fourth-order valence-corrected chi connectivity index (χ4v) is 1.36. The van der Waals surface area contributed by atoms with Crippen molar-refractivity contribution in [2.45, 2.75) is 0 Å². The Morgan fingerprint density at radius 3 is 2.21 bits per heavy atom. The zero-order chi connectivity index (χ0) is 13.8. The summed E-state index contributed by atoms with van der Waals surface area (Å²) in [5, 5.41) is 18.1. The van der Waals surface area contributed by atoms with Gasteiger partial charge in [-0.1, -0.05) is 0 Å². The zero-order valence-corrected chi connectivity index (χ0v) is 9.65. The van der Waals surface area contributed by atoms with Crippen molar-refractivity contribution >= 4 is 22.7 Å². The lowest BCUT2D eigenvalue weighted by Crippen LogP contribution is -1.90. The predicted molar refractivity (Wildman–Crippen MR) is 68.1 cm³/mol. The number of azo groups is 1. The molecule has 2 aromatic carbocycles. The monoisotopic (exact) mass is 260 g/mol. The molecule has 0 aromatic heterocycles. The normalized spacial score (nSPS) is 10.8. The van der Waals surface area contributed by atoms with Crippen LogP contribution >= 0.6 is 0 Å². The molecule has 7 heteroatoms. The van der Waals surface area contributed by atoms with Crippen molar-refractivity contribution < 1.29 is 9.31 Å². The number of nitrogens with two attached hydrogens (primary N) is 1. The molecule has 0 saturated heterocycles. The molecule has 0 aliphatic heterocycles. The van der Waals surface area contributed by atoms with Gasteiger partial charge in [-0.3, -0.25) is 10.1 Å². The molecule has 2 aromatic rings. The minimum absolute atomic E-state index is 0.194. The summed E-state index contributed by atoms with van der Waals surface area (Å²) in [6, 6.07) is 9.95. The second-order valence-electron chi connectivity index (χ2n) is 3.68. The minimum Gasteiger partial charge on any atom is -0.399 e. The molecule has 0 unspecified atom stereocenters. The van der Waals surface area contributed by atoms with E-state index in [1.165, 1.54) is 6.07 Å². The summed E-state index contributed by atoms with van der Waals surface area (Å²) in [5.41, 5.74) is 6.26. The van der Waals surface area contributed by atoms with Gasteiger partial charge in [-0.25, -0.2) is 0 Å². The van der Waals surface area contributed by atoms with E-state index in [2.05, 4.69) is 10.2 Å². The van der Waals surface area contributed by atoms with Gasteiger partial charge in [-0.05, 0) is 30.3 Å². The fourth-order valence-electron chi connectivity index (χ4n) is 1.36. The Morgan fingerprint density at radius 1 is 1.05 bits per heavy atom. The van der Waals surface area contributed by atoms with Gasteiger partial charge in [0.1, 0.15) is 0 Å². The second kappa shape index (κ2) is 5.21. The van der Waals surface area contributed by atoms with Gasteiger partial charge in [-0.15, -0.1) is 0 Å². The second-order valence-corrected chi connectivity index (χ2v) is 3.68. The van der Waals surface area contributed by atoms with Crippen LogP contribution in [0.5, 0.6) is 0 Å². The Balaban J connectivity index is 2.22. The van der Waals surface area contributed by atoms with Crippen LogP contribution in [0.3, 0.4) is 0 Å². The summed E-state index contributed by atoms with van der Waals surface area (Å²) < 4.78 is 13.3. The first kappa shape index (κ1) is 12.6. The van der Waals surface area contributed by atoms with E-state index in [1.54, 1.807) is 24.3 Å². The largest absolute Gasteiger partial charge is 0.399 e. The molecular formula is C12H9FN4O2. The van der Waals surface area contributed by atoms with Gasteiger partial charge in [0, 0.05) is 17.8 Å². The zero-order valence-electron chi connectivity index (χ0n) is 9.65. The van der Waals surface area contributed by atoms with E-state index in [4.69, 9.17) is 5.73 Å². The number of anilines is 1. The molecule has 0 spiro atoms. The standard InChI is InChI=1S/C12H9FN4O2/c13-11-7-10(5-6-12(11)17(18)19)16-15-9-3-1-8(14)2-4-9/h1-7H,14H2. The van der Waals surface area contributed by atoms with Crippen LogP contribution in [0.15, 0.2) is 52.7 Å². The summed E-state index contributed by atoms with van der Waals surface area (Å²) in [7, 11) is 0. The first-order valence-electron chi connectivity index (χ1n) is 5.27. The van der Waals surface area contributed by atoms with Gasteiger partial charge < -0.3 is 5.73 Å². The molecular weight excluding hydrogens is 251 g/mol. The lowest BCUT2D eigenvalue weighted by Gasteiger charge is -1.96. The third kappa shape index (κ3) is 3.09. The molecule has 0 atom stereocenters. The number of halogens is 1. The lowest BCUT2D eigenvalue weighted by atomic mass is 10.3. The van der Waals surface area contributed by atoms with Crippen LogP contribution in [0.4, 0.5) is 27.1 Å². The molecule has 0 radical (unpaired) electrons. The minimum atomic E-state index is -0.946. The van der Waals surface area contributed by atoms with Crippen molar-refractivity contribution in [2.75, 3.05) is 5.73 Å². The Labute approximate surface area is 107 Å². The average Bonchev–Trinajstić information content (AvgIpc) is 2.37. The fraction of sp³-hybridized carbons (Fsp3) is 0. The molecule has 19 heavy (non-hydrogen) atoms. The first-order valence-corrected chi connectivity index (χ1v) is 5.27. The van der Waals surface area contributed by atoms with Crippen LogP contribution < -0.4 is 5.73 Å². The first-order chi connectivity index (χ1) is 9.06. The Bertz CT molecular complexity index is 641. The van der Waals surface area contributed by atoms with Crippen LogP contribution in [0.2, 0.25) is 0 Å². The molecule has 0 fully saturated rings. The van der Waals surface area contributed by atoms with E-state index < -0.39 is 16.4 Å². The van der Waals surface area contributed by atoms with E-state index in [9.17, 15) is 14.5 Å². The SMILES string of the molecule is Nc1ccc(N=Nc2ccc([N+](=O)[O-])c(F)c2)cc1. The highest BCUT2D eigenvalue weighted by atomic mass is 19.1. The summed E-state index contributed by atoms with van der Waals surface area (Å²) >= 11 is 0. The maximum atomic E-state index is 13.3. The van der Waals surface area contributed by atoms with Crippen LogP contribution in [-0.4, -0.2) is 4.92 Å². The number of hydrogen-bond acceptors (Lipinski definition) is 5. The number of rotatable bonds is 3. The van der Waals surface area contributed by atoms with Crippen LogP contribution in [0.25, 0.3) is 0 Å². The van der Waals surface area contributed by atoms with Gasteiger partial charge in [0.25, 0.3) is 0 Å². The van der Waals surface area contributed by atoms with Crippen LogP contribution in [0, 0.1) is 15.9 Å². The van der Waals surface area contributed by atoms with E-state index >= 15 is 0 Å². The molecule has 0 aliphatic rings. The third-order valence-electron chi connectivity index (χ3n) is 2.30. The smallest absolute Gasteiger partial charge is 0.304 e. The van der Waals surface area contributed by atoms with Crippen LogP contribution in [-0.2, 0) is 0 Å². The highest BCUT2D eigenvalue weighted by Crippen LogP contribution is 2.24. The van der Waals surface area contributed by atoms with Crippen molar-refractivity contribution in [2.24, 2.45) is 10.2 Å².